The van der Waals surface area contributed by atoms with E-state index in [0.717, 1.165) is 13.1 Å². The van der Waals surface area contributed by atoms with Crippen LogP contribution >= 0.6 is 0 Å². The van der Waals surface area contributed by atoms with Crippen LogP contribution in [0, 0.1) is 5.92 Å². The van der Waals surface area contributed by atoms with Crippen LogP contribution in [0.2, 0.25) is 0 Å². The predicted octanol–water partition coefficient (Wildman–Crippen LogP) is 3.62. The topological polar surface area (TPSA) is 29.5 Å². The second kappa shape index (κ2) is 9.35. The van der Waals surface area contributed by atoms with Gasteiger partial charge in [0.25, 0.3) is 0 Å². The molecular weight excluding hydrogens is 238 g/mol. The van der Waals surface area contributed by atoms with Crippen LogP contribution in [0.1, 0.15) is 65.7 Å². The Hall–Kier alpha value is -0.570. The normalized spacial score (nSPS) is 19.2. The summed E-state index contributed by atoms with van der Waals surface area (Å²) in [5.74, 6) is 0.649. The van der Waals surface area contributed by atoms with E-state index in [9.17, 15) is 4.79 Å². The molecule has 0 bridgehead atoms. The van der Waals surface area contributed by atoms with Crippen molar-refractivity contribution < 1.29 is 9.53 Å². The molecular formula is C16H31NO2. The predicted molar refractivity (Wildman–Crippen MR) is 79.2 cm³/mol. The maximum absolute atomic E-state index is 11.9. The Bertz CT molecular complexity index is 243. The van der Waals surface area contributed by atoms with E-state index < -0.39 is 0 Å². The molecule has 0 heterocycles. The van der Waals surface area contributed by atoms with E-state index >= 15 is 0 Å². The second-order valence-corrected chi connectivity index (χ2v) is 5.55. The summed E-state index contributed by atoms with van der Waals surface area (Å²) in [7, 11) is 0. The minimum atomic E-state index is -0.0244. The van der Waals surface area contributed by atoms with Crippen molar-refractivity contribution in [1.29, 1.82) is 0 Å². The average Bonchev–Trinajstić information content (AvgIpc) is 2.68. The average molecular weight is 269 g/mol. The Balaban J connectivity index is 2.68. The van der Waals surface area contributed by atoms with Gasteiger partial charge in [-0.05, 0) is 38.8 Å². The molecule has 1 unspecified atom stereocenters. The molecule has 3 heteroatoms. The smallest absolute Gasteiger partial charge is 0.307 e. The minimum Gasteiger partial charge on any atom is -0.466 e. The molecule has 19 heavy (non-hydrogen) atoms. The standard InChI is InChI=1S/C16H31NO2/c1-4-17(5-2)15(13-16(18)19-6-3)14-11-9-7-8-10-12-14/h14-15H,4-13H2,1-3H3. The van der Waals surface area contributed by atoms with Crippen LogP contribution in [0.4, 0.5) is 0 Å². The number of carbonyl (C=O) groups is 1. The molecule has 1 fully saturated rings. The first kappa shape index (κ1) is 16.5. The van der Waals surface area contributed by atoms with E-state index in [0.29, 0.717) is 25.0 Å². The van der Waals surface area contributed by atoms with Crippen LogP contribution in [-0.2, 0) is 9.53 Å². The van der Waals surface area contributed by atoms with Gasteiger partial charge in [0.15, 0.2) is 0 Å². The molecule has 0 spiro atoms. The number of ether oxygens (including phenoxy) is 1. The molecule has 1 saturated carbocycles. The molecule has 0 aromatic carbocycles. The third-order valence-corrected chi connectivity index (χ3v) is 4.41. The molecule has 1 aliphatic carbocycles. The van der Waals surface area contributed by atoms with Gasteiger partial charge in [-0.25, -0.2) is 0 Å². The van der Waals surface area contributed by atoms with Crippen LogP contribution in [0.15, 0.2) is 0 Å². The summed E-state index contributed by atoms with van der Waals surface area (Å²) in [6.45, 7) is 8.81. The number of hydrogen-bond acceptors (Lipinski definition) is 3. The van der Waals surface area contributed by atoms with Crippen molar-refractivity contribution in [1.82, 2.24) is 4.90 Å². The van der Waals surface area contributed by atoms with Crippen molar-refractivity contribution in [3.63, 3.8) is 0 Å². The minimum absolute atomic E-state index is 0.0244. The van der Waals surface area contributed by atoms with Crippen LogP contribution in [0.25, 0.3) is 0 Å². The van der Waals surface area contributed by atoms with Crippen molar-refractivity contribution in [3.8, 4) is 0 Å². The maximum Gasteiger partial charge on any atom is 0.307 e. The maximum atomic E-state index is 11.9. The van der Waals surface area contributed by atoms with Gasteiger partial charge in [-0.2, -0.15) is 0 Å². The van der Waals surface area contributed by atoms with Gasteiger partial charge in [0.2, 0.25) is 0 Å². The van der Waals surface area contributed by atoms with Gasteiger partial charge in [-0.15, -0.1) is 0 Å². The number of nitrogens with zero attached hydrogens (tertiary/aromatic N) is 1. The van der Waals surface area contributed by atoms with Gasteiger partial charge in [-0.1, -0.05) is 39.5 Å². The molecule has 0 aliphatic heterocycles. The molecule has 0 radical (unpaired) electrons. The molecule has 3 nitrogen and oxygen atoms in total. The molecule has 1 atom stereocenters. The third kappa shape index (κ3) is 5.52. The quantitative estimate of drug-likeness (QED) is 0.522. The molecule has 0 N–H and O–H groups in total. The van der Waals surface area contributed by atoms with E-state index in [1.807, 2.05) is 6.92 Å². The Morgan fingerprint density at radius 3 is 2.16 bits per heavy atom. The second-order valence-electron chi connectivity index (χ2n) is 5.55. The van der Waals surface area contributed by atoms with Gasteiger partial charge >= 0.3 is 5.97 Å². The zero-order valence-corrected chi connectivity index (χ0v) is 13.0. The Labute approximate surface area is 118 Å². The number of rotatable bonds is 7. The first-order valence-corrected chi connectivity index (χ1v) is 8.12. The van der Waals surface area contributed by atoms with Crippen LogP contribution in [0.3, 0.4) is 0 Å². The fourth-order valence-corrected chi connectivity index (χ4v) is 3.37. The van der Waals surface area contributed by atoms with E-state index in [4.69, 9.17) is 4.74 Å². The fraction of sp³-hybridized carbons (Fsp3) is 0.938. The summed E-state index contributed by atoms with van der Waals surface area (Å²) < 4.78 is 5.17. The summed E-state index contributed by atoms with van der Waals surface area (Å²) in [6, 6.07) is 0.382. The molecule has 0 saturated heterocycles. The van der Waals surface area contributed by atoms with Gasteiger partial charge in [0, 0.05) is 6.04 Å². The van der Waals surface area contributed by atoms with Crippen molar-refractivity contribution in [3.05, 3.63) is 0 Å². The molecule has 0 amide bonds. The fourth-order valence-electron chi connectivity index (χ4n) is 3.37. The Morgan fingerprint density at radius 2 is 1.68 bits per heavy atom. The molecule has 0 aromatic heterocycles. The summed E-state index contributed by atoms with van der Waals surface area (Å²) in [5.41, 5.74) is 0. The van der Waals surface area contributed by atoms with Crippen molar-refractivity contribution in [2.24, 2.45) is 5.92 Å². The van der Waals surface area contributed by atoms with Gasteiger partial charge in [-0.3, -0.25) is 4.79 Å². The number of hydrogen-bond donors (Lipinski definition) is 0. The SMILES string of the molecule is CCOC(=O)CC(C1CCCCCC1)N(CC)CC. The Morgan fingerprint density at radius 1 is 1.11 bits per heavy atom. The molecule has 1 rings (SSSR count). The van der Waals surface area contributed by atoms with Crippen molar-refractivity contribution >= 4 is 5.97 Å². The van der Waals surface area contributed by atoms with Crippen molar-refractivity contribution in [2.45, 2.75) is 71.8 Å². The van der Waals surface area contributed by atoms with E-state index in [-0.39, 0.29) is 5.97 Å². The lowest BCUT2D eigenvalue weighted by molar-refractivity contribution is -0.145. The zero-order chi connectivity index (χ0) is 14.1. The lowest BCUT2D eigenvalue weighted by atomic mass is 9.88. The number of esters is 1. The third-order valence-electron chi connectivity index (χ3n) is 4.41. The van der Waals surface area contributed by atoms with E-state index in [1.54, 1.807) is 0 Å². The first-order chi connectivity index (χ1) is 9.22. The van der Waals surface area contributed by atoms with Crippen LogP contribution < -0.4 is 0 Å². The van der Waals surface area contributed by atoms with Crippen LogP contribution in [-0.4, -0.2) is 36.6 Å². The molecule has 112 valence electrons. The monoisotopic (exact) mass is 269 g/mol. The Kier molecular flexibility index (Phi) is 8.11. The molecule has 0 aromatic rings. The summed E-state index contributed by atoms with van der Waals surface area (Å²) in [4.78, 5) is 14.3. The highest BCUT2D eigenvalue weighted by atomic mass is 16.5. The highest BCUT2D eigenvalue weighted by Crippen LogP contribution is 2.30. The lowest BCUT2D eigenvalue weighted by Gasteiger charge is -2.35. The van der Waals surface area contributed by atoms with Gasteiger partial charge in [0.05, 0.1) is 13.0 Å². The lowest BCUT2D eigenvalue weighted by Crippen LogP contribution is -2.42. The first-order valence-electron chi connectivity index (χ1n) is 8.12. The number of carbonyl (C=O) groups excluding carboxylic acids is 1. The van der Waals surface area contributed by atoms with Crippen LogP contribution in [0.5, 0.6) is 0 Å². The highest BCUT2D eigenvalue weighted by Gasteiger charge is 2.29. The summed E-state index contributed by atoms with van der Waals surface area (Å²) in [6.07, 6.45) is 8.50. The highest BCUT2D eigenvalue weighted by molar-refractivity contribution is 5.70. The van der Waals surface area contributed by atoms with E-state index in [2.05, 4.69) is 18.7 Å². The van der Waals surface area contributed by atoms with Gasteiger partial charge in [0.1, 0.15) is 0 Å². The summed E-state index contributed by atoms with van der Waals surface area (Å²) in [5, 5.41) is 0. The zero-order valence-electron chi connectivity index (χ0n) is 13.0. The summed E-state index contributed by atoms with van der Waals surface area (Å²) >= 11 is 0. The largest absolute Gasteiger partial charge is 0.466 e. The van der Waals surface area contributed by atoms with E-state index in [1.165, 1.54) is 38.5 Å². The molecule has 1 aliphatic rings. The van der Waals surface area contributed by atoms with Gasteiger partial charge < -0.3 is 9.64 Å². The van der Waals surface area contributed by atoms with Crippen molar-refractivity contribution in [2.75, 3.05) is 19.7 Å².